The van der Waals surface area contributed by atoms with E-state index in [4.69, 9.17) is 5.11 Å². The minimum Gasteiger partial charge on any atom is -0.396 e. The molecule has 1 saturated heterocycles. The normalized spacial score (nSPS) is 25.4. The number of nitrogens with one attached hydrogen (secondary N) is 1. The summed E-state index contributed by atoms with van der Waals surface area (Å²) in [5.74, 6) is 0.475. The second kappa shape index (κ2) is 5.47. The molecule has 1 heterocycles. The predicted molar refractivity (Wildman–Crippen MR) is 57.2 cm³/mol. The zero-order valence-corrected chi connectivity index (χ0v) is 9.44. The molecule has 0 aromatic heterocycles. The number of aliphatic hydroxyl groups is 2. The van der Waals surface area contributed by atoms with Crippen molar-refractivity contribution in [2.75, 3.05) is 6.61 Å². The average Bonchev–Trinajstić information content (AvgIpc) is 2.60. The molecule has 0 aromatic carbocycles. The molecular weight excluding hydrogens is 194 g/mol. The van der Waals surface area contributed by atoms with E-state index in [9.17, 15) is 9.90 Å². The molecule has 3 N–H and O–H groups in total. The van der Waals surface area contributed by atoms with Gasteiger partial charge in [0.1, 0.15) is 0 Å². The highest BCUT2D eigenvalue weighted by Gasteiger charge is 2.29. The van der Waals surface area contributed by atoms with E-state index in [0.29, 0.717) is 25.2 Å². The Morgan fingerprint density at radius 3 is 2.60 bits per heavy atom. The average molecular weight is 215 g/mol. The molecule has 0 aromatic rings. The van der Waals surface area contributed by atoms with Crippen LogP contribution in [0.4, 0.5) is 0 Å². The lowest BCUT2D eigenvalue weighted by Gasteiger charge is -2.25. The summed E-state index contributed by atoms with van der Waals surface area (Å²) < 4.78 is 0. The van der Waals surface area contributed by atoms with Gasteiger partial charge in [-0.3, -0.25) is 4.79 Å². The van der Waals surface area contributed by atoms with Gasteiger partial charge in [0.05, 0.1) is 12.1 Å². The van der Waals surface area contributed by atoms with Crippen LogP contribution in [0.25, 0.3) is 0 Å². The van der Waals surface area contributed by atoms with Gasteiger partial charge in [-0.25, -0.2) is 0 Å². The van der Waals surface area contributed by atoms with Gasteiger partial charge in [0.15, 0.2) is 0 Å². The van der Waals surface area contributed by atoms with E-state index in [1.54, 1.807) is 0 Å². The van der Waals surface area contributed by atoms with Crippen molar-refractivity contribution < 1.29 is 15.0 Å². The maximum atomic E-state index is 11.0. The largest absolute Gasteiger partial charge is 0.396 e. The quantitative estimate of drug-likeness (QED) is 0.617. The molecule has 0 radical (unpaired) electrons. The molecule has 0 aliphatic carbocycles. The molecule has 4 nitrogen and oxygen atoms in total. The number of rotatable bonds is 5. The van der Waals surface area contributed by atoms with Crippen LogP contribution >= 0.6 is 0 Å². The lowest BCUT2D eigenvalue weighted by Crippen LogP contribution is -2.38. The molecule has 1 aliphatic heterocycles. The lowest BCUT2D eigenvalue weighted by molar-refractivity contribution is -0.119. The summed E-state index contributed by atoms with van der Waals surface area (Å²) in [7, 11) is 0. The fourth-order valence-corrected chi connectivity index (χ4v) is 1.96. The highest BCUT2D eigenvalue weighted by Crippen LogP contribution is 2.21. The standard InChI is InChI=1S/C11H21NO3/c1-7(2)8(6-13)5-10(14)9-3-4-11(15)12-9/h7-10,13-14H,3-6H2,1-2H3,(H,12,15)/t8-,9?,10+/m1/s1. The molecule has 0 spiro atoms. The number of hydrogen-bond acceptors (Lipinski definition) is 3. The van der Waals surface area contributed by atoms with E-state index in [1.807, 2.05) is 13.8 Å². The van der Waals surface area contributed by atoms with E-state index >= 15 is 0 Å². The molecule has 0 saturated carbocycles. The van der Waals surface area contributed by atoms with Gasteiger partial charge < -0.3 is 15.5 Å². The number of amides is 1. The van der Waals surface area contributed by atoms with Crippen molar-refractivity contribution in [3.8, 4) is 0 Å². The Morgan fingerprint density at radius 1 is 1.53 bits per heavy atom. The Bertz CT molecular complexity index is 218. The third kappa shape index (κ3) is 3.47. The first-order valence-electron chi connectivity index (χ1n) is 5.63. The third-order valence-corrected chi connectivity index (χ3v) is 3.21. The second-order valence-electron chi connectivity index (χ2n) is 4.70. The van der Waals surface area contributed by atoms with Gasteiger partial charge in [-0.05, 0) is 24.7 Å². The monoisotopic (exact) mass is 215 g/mol. The van der Waals surface area contributed by atoms with E-state index in [1.165, 1.54) is 0 Å². The Morgan fingerprint density at radius 2 is 2.20 bits per heavy atom. The Hall–Kier alpha value is -0.610. The Labute approximate surface area is 90.7 Å². The zero-order chi connectivity index (χ0) is 11.4. The first-order valence-corrected chi connectivity index (χ1v) is 5.63. The van der Waals surface area contributed by atoms with Gasteiger partial charge in [0.2, 0.25) is 5.91 Å². The van der Waals surface area contributed by atoms with Gasteiger partial charge in [0.25, 0.3) is 0 Å². The molecule has 0 bridgehead atoms. The third-order valence-electron chi connectivity index (χ3n) is 3.21. The molecule has 1 unspecified atom stereocenters. The van der Waals surface area contributed by atoms with Crippen LogP contribution in [0.1, 0.15) is 33.1 Å². The Balaban J connectivity index is 2.40. The van der Waals surface area contributed by atoms with Crippen LogP contribution < -0.4 is 5.32 Å². The van der Waals surface area contributed by atoms with E-state index in [-0.39, 0.29) is 24.5 Å². The predicted octanol–water partition coefficient (Wildman–Crippen LogP) is 0.280. The SMILES string of the molecule is CC(C)[C@@H](CO)C[C@H](O)C1CCC(=O)N1. The minimum atomic E-state index is -0.531. The lowest BCUT2D eigenvalue weighted by atomic mass is 9.88. The topological polar surface area (TPSA) is 69.6 Å². The summed E-state index contributed by atoms with van der Waals surface area (Å²) in [4.78, 5) is 11.0. The van der Waals surface area contributed by atoms with Crippen LogP contribution in [0.3, 0.4) is 0 Å². The minimum absolute atomic E-state index is 0.0177. The molecule has 1 amide bonds. The number of carbonyl (C=O) groups excluding carboxylic acids is 1. The van der Waals surface area contributed by atoms with Crippen LogP contribution in [0.5, 0.6) is 0 Å². The van der Waals surface area contributed by atoms with Crippen LogP contribution in [-0.4, -0.2) is 34.9 Å². The molecular formula is C11H21NO3. The summed E-state index contributed by atoms with van der Waals surface area (Å²) in [6.07, 6.45) is 1.23. The van der Waals surface area contributed by atoms with Gasteiger partial charge in [-0.1, -0.05) is 13.8 Å². The first kappa shape index (κ1) is 12.5. The van der Waals surface area contributed by atoms with Crippen molar-refractivity contribution in [1.82, 2.24) is 5.32 Å². The van der Waals surface area contributed by atoms with Gasteiger partial charge >= 0.3 is 0 Å². The number of aliphatic hydroxyl groups excluding tert-OH is 2. The summed E-state index contributed by atoms with van der Waals surface area (Å²) in [5.41, 5.74) is 0. The number of carbonyl (C=O) groups is 1. The maximum Gasteiger partial charge on any atom is 0.220 e. The van der Waals surface area contributed by atoms with Crippen molar-refractivity contribution in [2.45, 2.75) is 45.3 Å². The van der Waals surface area contributed by atoms with Crippen LogP contribution in [0, 0.1) is 11.8 Å². The van der Waals surface area contributed by atoms with E-state index < -0.39 is 6.10 Å². The smallest absolute Gasteiger partial charge is 0.220 e. The van der Waals surface area contributed by atoms with Crippen molar-refractivity contribution in [3.63, 3.8) is 0 Å². The van der Waals surface area contributed by atoms with Crippen molar-refractivity contribution in [3.05, 3.63) is 0 Å². The second-order valence-corrected chi connectivity index (χ2v) is 4.70. The first-order chi connectivity index (χ1) is 7.04. The van der Waals surface area contributed by atoms with Crippen LogP contribution in [-0.2, 0) is 4.79 Å². The highest BCUT2D eigenvalue weighted by molar-refractivity contribution is 5.78. The van der Waals surface area contributed by atoms with Gasteiger partial charge in [-0.15, -0.1) is 0 Å². The number of hydrogen-bond donors (Lipinski definition) is 3. The molecule has 1 fully saturated rings. The Kier molecular flexibility index (Phi) is 4.54. The van der Waals surface area contributed by atoms with Gasteiger partial charge in [-0.2, -0.15) is 0 Å². The summed E-state index contributed by atoms with van der Waals surface area (Å²) in [6.45, 7) is 4.15. The van der Waals surface area contributed by atoms with Crippen LogP contribution in [0.2, 0.25) is 0 Å². The molecule has 1 aliphatic rings. The van der Waals surface area contributed by atoms with Gasteiger partial charge in [0, 0.05) is 13.0 Å². The summed E-state index contributed by atoms with van der Waals surface area (Å²) in [5, 5.41) is 21.8. The maximum absolute atomic E-state index is 11.0. The molecule has 1 rings (SSSR count). The molecule has 15 heavy (non-hydrogen) atoms. The summed E-state index contributed by atoms with van der Waals surface area (Å²) >= 11 is 0. The zero-order valence-electron chi connectivity index (χ0n) is 9.44. The fourth-order valence-electron chi connectivity index (χ4n) is 1.96. The molecule has 4 heteroatoms. The van der Waals surface area contributed by atoms with Crippen molar-refractivity contribution >= 4 is 5.91 Å². The fraction of sp³-hybridized carbons (Fsp3) is 0.909. The van der Waals surface area contributed by atoms with E-state index in [0.717, 1.165) is 0 Å². The molecule has 88 valence electrons. The summed E-state index contributed by atoms with van der Waals surface area (Å²) in [6, 6.07) is -0.120. The van der Waals surface area contributed by atoms with E-state index in [2.05, 4.69) is 5.32 Å². The molecule has 3 atom stereocenters. The van der Waals surface area contributed by atoms with Crippen molar-refractivity contribution in [2.24, 2.45) is 11.8 Å². The van der Waals surface area contributed by atoms with Crippen LogP contribution in [0.15, 0.2) is 0 Å². The highest BCUT2D eigenvalue weighted by atomic mass is 16.3. The van der Waals surface area contributed by atoms with Crippen molar-refractivity contribution in [1.29, 1.82) is 0 Å².